The van der Waals surface area contributed by atoms with Crippen molar-refractivity contribution >= 4 is 35.0 Å². The summed E-state index contributed by atoms with van der Waals surface area (Å²) in [5.74, 6) is -2.45. The summed E-state index contributed by atoms with van der Waals surface area (Å²) < 4.78 is 13.4. The highest BCUT2D eigenvalue weighted by Gasteiger charge is 2.51. The zero-order chi connectivity index (χ0) is 22.1. The summed E-state index contributed by atoms with van der Waals surface area (Å²) in [5.41, 5.74) is -1.06. The molecule has 1 fully saturated rings. The third-order valence-electron chi connectivity index (χ3n) is 4.86. The number of carbonyl (C=O) groups is 3. The highest BCUT2D eigenvalue weighted by molar-refractivity contribution is 6.30. The third kappa shape index (κ3) is 4.29. The van der Waals surface area contributed by atoms with E-state index in [2.05, 4.69) is 5.32 Å². The molecule has 1 atom stereocenters. The Kier molecular flexibility index (Phi) is 6.09. The van der Waals surface area contributed by atoms with Crippen LogP contribution < -0.4 is 10.2 Å². The summed E-state index contributed by atoms with van der Waals surface area (Å²) >= 11 is 5.79. The lowest BCUT2D eigenvalue weighted by atomic mass is 10.0. The summed E-state index contributed by atoms with van der Waals surface area (Å²) in [4.78, 5) is 40.3. The van der Waals surface area contributed by atoms with E-state index in [0.717, 1.165) is 6.07 Å². The van der Waals surface area contributed by atoms with Gasteiger partial charge in [0.1, 0.15) is 5.82 Å². The summed E-state index contributed by atoms with van der Waals surface area (Å²) in [5, 5.41) is 13.4. The molecular formula is C21H21ClFN3O4. The van der Waals surface area contributed by atoms with Gasteiger partial charge >= 0.3 is 0 Å². The third-order valence-corrected chi connectivity index (χ3v) is 5.08. The largest absolute Gasteiger partial charge is 0.372 e. The van der Waals surface area contributed by atoms with Crippen molar-refractivity contribution in [2.75, 3.05) is 25.5 Å². The van der Waals surface area contributed by atoms with Gasteiger partial charge in [0, 0.05) is 49.9 Å². The Hall–Kier alpha value is -2.97. The number of aliphatic hydroxyl groups is 1. The van der Waals surface area contributed by atoms with Gasteiger partial charge < -0.3 is 20.2 Å². The second-order valence-corrected chi connectivity index (χ2v) is 7.71. The van der Waals surface area contributed by atoms with Crippen LogP contribution in [0.25, 0.3) is 0 Å². The Morgan fingerprint density at radius 1 is 1.27 bits per heavy atom. The van der Waals surface area contributed by atoms with Crippen molar-refractivity contribution in [1.29, 1.82) is 0 Å². The van der Waals surface area contributed by atoms with Crippen LogP contribution in [0.3, 0.4) is 0 Å². The topological polar surface area (TPSA) is 89.9 Å². The first-order valence-corrected chi connectivity index (χ1v) is 9.59. The molecule has 0 radical (unpaired) electrons. The molecule has 158 valence electrons. The summed E-state index contributed by atoms with van der Waals surface area (Å²) in [7, 11) is 3.23. The number of amides is 3. The smallest absolute Gasteiger partial charge is 0.268 e. The van der Waals surface area contributed by atoms with E-state index in [9.17, 15) is 23.9 Å². The van der Waals surface area contributed by atoms with E-state index in [-0.39, 0.29) is 30.4 Å². The molecule has 1 heterocycles. The Morgan fingerprint density at radius 2 is 2.00 bits per heavy atom. The van der Waals surface area contributed by atoms with Crippen LogP contribution in [-0.2, 0) is 16.1 Å². The van der Waals surface area contributed by atoms with Gasteiger partial charge in [0.05, 0.1) is 0 Å². The van der Waals surface area contributed by atoms with Crippen molar-refractivity contribution in [2.24, 2.45) is 0 Å². The molecule has 0 aromatic heterocycles. The average molecular weight is 434 g/mol. The first kappa shape index (κ1) is 21.7. The summed E-state index contributed by atoms with van der Waals surface area (Å²) in [6.07, 6.45) is -0.118. The lowest BCUT2D eigenvalue weighted by molar-refractivity contribution is -0.149. The van der Waals surface area contributed by atoms with Crippen LogP contribution in [-0.4, -0.2) is 54.0 Å². The van der Waals surface area contributed by atoms with Crippen LogP contribution >= 0.6 is 11.6 Å². The average Bonchev–Trinajstić information content (AvgIpc) is 3.00. The second-order valence-electron chi connectivity index (χ2n) is 7.28. The second kappa shape index (κ2) is 8.41. The summed E-state index contributed by atoms with van der Waals surface area (Å²) in [6, 6.07) is 10.2. The Balaban J connectivity index is 1.74. The lowest BCUT2D eigenvalue weighted by Crippen LogP contribution is -2.52. The van der Waals surface area contributed by atoms with Crippen molar-refractivity contribution in [3.05, 3.63) is 64.4 Å². The maximum Gasteiger partial charge on any atom is 0.268 e. The van der Waals surface area contributed by atoms with Gasteiger partial charge in [0.25, 0.3) is 17.7 Å². The number of hydrogen-bond donors (Lipinski definition) is 2. The molecule has 3 rings (SSSR count). The van der Waals surface area contributed by atoms with E-state index >= 15 is 0 Å². The van der Waals surface area contributed by atoms with Gasteiger partial charge in [-0.2, -0.15) is 0 Å². The van der Waals surface area contributed by atoms with E-state index in [1.807, 2.05) is 0 Å². The highest BCUT2D eigenvalue weighted by atomic mass is 35.5. The first-order valence-electron chi connectivity index (χ1n) is 9.21. The van der Waals surface area contributed by atoms with Crippen molar-refractivity contribution in [1.82, 2.24) is 10.2 Å². The predicted molar refractivity (Wildman–Crippen MR) is 110 cm³/mol. The van der Waals surface area contributed by atoms with Crippen LogP contribution in [0.5, 0.6) is 0 Å². The number of nitrogens with one attached hydrogen (secondary N) is 1. The molecule has 1 aliphatic heterocycles. The highest BCUT2D eigenvalue weighted by Crippen LogP contribution is 2.29. The number of hydrogen-bond acceptors (Lipinski definition) is 4. The molecule has 1 aliphatic rings. The predicted octanol–water partition coefficient (Wildman–Crippen LogP) is 1.97. The van der Waals surface area contributed by atoms with Crippen LogP contribution in [0.15, 0.2) is 42.5 Å². The normalized spacial score (nSPS) is 18.4. The Morgan fingerprint density at radius 3 is 2.67 bits per heavy atom. The quantitative estimate of drug-likeness (QED) is 0.705. The van der Waals surface area contributed by atoms with Crippen LogP contribution in [0.1, 0.15) is 22.3 Å². The van der Waals surface area contributed by atoms with E-state index in [0.29, 0.717) is 16.8 Å². The van der Waals surface area contributed by atoms with Crippen molar-refractivity contribution in [3.63, 3.8) is 0 Å². The van der Waals surface area contributed by atoms with Gasteiger partial charge in [-0.25, -0.2) is 4.39 Å². The number of nitrogens with zero attached hydrogens (tertiary/aromatic N) is 2. The molecule has 0 saturated carbocycles. The first-order chi connectivity index (χ1) is 14.1. The molecule has 2 aromatic carbocycles. The molecule has 7 nitrogen and oxygen atoms in total. The van der Waals surface area contributed by atoms with Crippen LogP contribution in [0, 0.1) is 5.82 Å². The maximum atomic E-state index is 13.4. The van der Waals surface area contributed by atoms with Crippen LogP contribution in [0.2, 0.25) is 5.02 Å². The minimum absolute atomic E-state index is 0.0985. The van der Waals surface area contributed by atoms with Gasteiger partial charge in [-0.05, 0) is 42.0 Å². The van der Waals surface area contributed by atoms with Crippen molar-refractivity contribution < 1.29 is 23.9 Å². The Labute approximate surface area is 178 Å². The molecule has 1 saturated heterocycles. The van der Waals surface area contributed by atoms with Gasteiger partial charge in [-0.15, -0.1) is 0 Å². The van der Waals surface area contributed by atoms with E-state index < -0.39 is 23.2 Å². The van der Waals surface area contributed by atoms with Gasteiger partial charge in [-0.3, -0.25) is 14.4 Å². The number of carbonyl (C=O) groups excluding carboxylic acids is 3. The minimum Gasteiger partial charge on any atom is -0.372 e. The van der Waals surface area contributed by atoms with E-state index in [4.69, 9.17) is 11.6 Å². The standard InChI is InChI=1S/C21H21ClFN3O4/c1-25(2)18(27)14-4-3-5-17(10-14)26-7-6-21(30,20(26)29)19(28)24-12-13-8-15(22)11-16(23)9-13/h3-5,8-11,30H,6-7,12H2,1-2H3,(H,24,28). The SMILES string of the molecule is CN(C)C(=O)c1cccc(N2CCC(O)(C(=O)NCc3cc(F)cc(Cl)c3)C2=O)c1. The molecule has 3 amide bonds. The van der Waals surface area contributed by atoms with Gasteiger partial charge in [-0.1, -0.05) is 17.7 Å². The van der Waals surface area contributed by atoms with Crippen LogP contribution in [0.4, 0.5) is 10.1 Å². The number of benzene rings is 2. The molecule has 2 aromatic rings. The minimum atomic E-state index is -2.25. The fourth-order valence-electron chi connectivity index (χ4n) is 3.27. The van der Waals surface area contributed by atoms with Crippen molar-refractivity contribution in [3.8, 4) is 0 Å². The van der Waals surface area contributed by atoms with Gasteiger partial charge in [0.2, 0.25) is 5.60 Å². The summed E-state index contributed by atoms with van der Waals surface area (Å²) in [6.45, 7) is 0.00683. The zero-order valence-electron chi connectivity index (χ0n) is 16.5. The molecule has 0 bridgehead atoms. The lowest BCUT2D eigenvalue weighted by Gasteiger charge is -2.22. The molecular weight excluding hydrogens is 413 g/mol. The molecule has 9 heteroatoms. The molecule has 1 unspecified atom stereocenters. The molecule has 30 heavy (non-hydrogen) atoms. The number of rotatable bonds is 5. The van der Waals surface area contributed by atoms with E-state index in [1.54, 1.807) is 38.4 Å². The monoisotopic (exact) mass is 433 g/mol. The maximum absolute atomic E-state index is 13.4. The van der Waals surface area contributed by atoms with Crippen molar-refractivity contribution in [2.45, 2.75) is 18.6 Å². The molecule has 0 spiro atoms. The number of halogens is 2. The fraction of sp³-hybridized carbons (Fsp3) is 0.286. The Bertz CT molecular complexity index is 993. The van der Waals surface area contributed by atoms with E-state index in [1.165, 1.54) is 21.9 Å². The number of anilines is 1. The zero-order valence-corrected chi connectivity index (χ0v) is 17.2. The molecule has 2 N–H and O–H groups in total. The molecule has 0 aliphatic carbocycles. The van der Waals surface area contributed by atoms with Gasteiger partial charge in [0.15, 0.2) is 0 Å². The fourth-order valence-corrected chi connectivity index (χ4v) is 3.51.